The van der Waals surface area contributed by atoms with Crippen LogP contribution in [0.1, 0.15) is 148 Å². The second-order valence-electron chi connectivity index (χ2n) is 10.1. The van der Waals surface area contributed by atoms with Gasteiger partial charge in [-0.2, -0.15) is 0 Å². The van der Waals surface area contributed by atoms with Crippen molar-refractivity contribution in [3.63, 3.8) is 0 Å². The van der Waals surface area contributed by atoms with Crippen LogP contribution in [0.15, 0.2) is 24.8 Å². The minimum Gasteiger partial charge on any atom is -0.481 e. The molecule has 204 valence electrons. The minimum absolute atomic E-state index is 0.0731. The van der Waals surface area contributed by atoms with Gasteiger partial charge < -0.3 is 9.84 Å². The van der Waals surface area contributed by atoms with Gasteiger partial charge in [0, 0.05) is 0 Å². The lowest BCUT2D eigenvalue weighted by Gasteiger charge is -2.10. The molecule has 0 rings (SSSR count). The van der Waals surface area contributed by atoms with Crippen LogP contribution in [0.25, 0.3) is 0 Å². The molecule has 0 aliphatic carbocycles. The molecular weight excluding hydrogens is 436 g/mol. The minimum atomic E-state index is -0.933. The molecule has 0 heterocycles. The summed E-state index contributed by atoms with van der Waals surface area (Å²) >= 11 is 0. The zero-order valence-corrected chi connectivity index (χ0v) is 23.0. The van der Waals surface area contributed by atoms with Crippen molar-refractivity contribution in [3.05, 3.63) is 24.8 Å². The van der Waals surface area contributed by atoms with E-state index in [2.05, 4.69) is 25.7 Å². The Kier molecular flexibility index (Phi) is 25.8. The molecule has 1 N–H and O–H groups in total. The third-order valence-electron chi connectivity index (χ3n) is 6.70. The second kappa shape index (κ2) is 27.0. The molecule has 0 aromatic rings. The molecule has 0 aromatic heterocycles. The summed E-state index contributed by atoms with van der Waals surface area (Å²) in [5.41, 5.74) is 0. The van der Waals surface area contributed by atoms with Crippen LogP contribution < -0.4 is 0 Å². The van der Waals surface area contributed by atoms with E-state index >= 15 is 0 Å². The Morgan fingerprint density at radius 2 is 1.14 bits per heavy atom. The molecule has 0 saturated carbocycles. The number of rotatable bonds is 27. The van der Waals surface area contributed by atoms with Gasteiger partial charge in [-0.25, -0.2) is 0 Å². The highest BCUT2D eigenvalue weighted by atomic mass is 16.5. The Bertz CT molecular complexity index is 526. The molecule has 1 atom stereocenters. The van der Waals surface area contributed by atoms with Crippen LogP contribution in [0.3, 0.4) is 0 Å². The van der Waals surface area contributed by atoms with E-state index in [1.54, 1.807) is 0 Å². The Hall–Kier alpha value is -1.58. The lowest BCUT2D eigenvalue weighted by Crippen LogP contribution is -2.19. The second-order valence-corrected chi connectivity index (χ2v) is 10.1. The summed E-state index contributed by atoms with van der Waals surface area (Å²) in [7, 11) is 0. The number of unbranched alkanes of at least 4 members (excludes halogenated alkanes) is 18. The van der Waals surface area contributed by atoms with Gasteiger partial charge in [0.15, 0.2) is 0 Å². The van der Waals surface area contributed by atoms with E-state index in [0.717, 1.165) is 6.42 Å². The van der Waals surface area contributed by atoms with Gasteiger partial charge in [0.1, 0.15) is 6.61 Å². The maximum Gasteiger partial charge on any atom is 0.307 e. The maximum atomic E-state index is 11.6. The van der Waals surface area contributed by atoms with Gasteiger partial charge >= 0.3 is 11.9 Å². The molecule has 4 heteroatoms. The van der Waals surface area contributed by atoms with Gasteiger partial charge in [-0.15, -0.1) is 0 Å². The van der Waals surface area contributed by atoms with Crippen LogP contribution in [0.2, 0.25) is 0 Å². The Morgan fingerprint density at radius 1 is 0.714 bits per heavy atom. The van der Waals surface area contributed by atoms with Crippen LogP contribution in [-0.2, 0) is 14.3 Å². The van der Waals surface area contributed by atoms with E-state index in [1.165, 1.54) is 122 Å². The fourth-order valence-corrected chi connectivity index (χ4v) is 4.42. The number of carbonyl (C=O) groups excluding carboxylic acids is 1. The molecule has 0 amide bonds. The fraction of sp³-hybridized carbons (Fsp3) is 0.806. The molecule has 35 heavy (non-hydrogen) atoms. The van der Waals surface area contributed by atoms with E-state index in [1.807, 2.05) is 0 Å². The molecule has 0 aliphatic rings. The lowest BCUT2D eigenvalue weighted by atomic mass is 9.99. The molecule has 0 bridgehead atoms. The van der Waals surface area contributed by atoms with Crippen LogP contribution in [-0.4, -0.2) is 23.7 Å². The lowest BCUT2D eigenvalue weighted by molar-refractivity contribution is -0.151. The van der Waals surface area contributed by atoms with E-state index in [-0.39, 0.29) is 13.0 Å². The van der Waals surface area contributed by atoms with E-state index in [0.29, 0.717) is 12.8 Å². The van der Waals surface area contributed by atoms with Gasteiger partial charge in [-0.05, 0) is 25.7 Å². The fourth-order valence-electron chi connectivity index (χ4n) is 4.42. The zero-order chi connectivity index (χ0) is 25.8. The number of ether oxygens (including phenoxy) is 1. The number of hydrogen-bond acceptors (Lipinski definition) is 3. The van der Waals surface area contributed by atoms with Crippen molar-refractivity contribution in [3.8, 4) is 0 Å². The smallest absolute Gasteiger partial charge is 0.307 e. The summed E-state index contributed by atoms with van der Waals surface area (Å²) in [6.45, 7) is 5.89. The molecule has 4 nitrogen and oxygen atoms in total. The monoisotopic (exact) mass is 492 g/mol. The Balaban J connectivity index is 3.40. The van der Waals surface area contributed by atoms with Crippen molar-refractivity contribution in [1.82, 2.24) is 0 Å². The van der Waals surface area contributed by atoms with Gasteiger partial charge in [0.2, 0.25) is 0 Å². The molecule has 0 aromatic carbocycles. The molecule has 0 fully saturated rings. The van der Waals surface area contributed by atoms with Gasteiger partial charge in [0.05, 0.1) is 12.3 Å². The van der Waals surface area contributed by atoms with Crippen LogP contribution in [0.4, 0.5) is 0 Å². The van der Waals surface area contributed by atoms with Crippen molar-refractivity contribution >= 4 is 11.9 Å². The van der Waals surface area contributed by atoms with E-state index < -0.39 is 17.9 Å². The SMILES string of the molecule is C=CCOC(=O)CC(CC/C=C/CCCCCCCCCCCCCCCCCCCC)C(=O)O. The van der Waals surface area contributed by atoms with Crippen molar-refractivity contribution in [1.29, 1.82) is 0 Å². The number of aliphatic carboxylic acids is 1. The quantitative estimate of drug-likeness (QED) is 0.0704. The average Bonchev–Trinajstić information content (AvgIpc) is 2.84. The third kappa shape index (κ3) is 25.3. The number of carboxylic acids is 1. The van der Waals surface area contributed by atoms with Crippen molar-refractivity contribution in [2.45, 2.75) is 148 Å². The number of hydrogen-bond donors (Lipinski definition) is 1. The number of allylic oxidation sites excluding steroid dienone is 2. The van der Waals surface area contributed by atoms with Gasteiger partial charge in [-0.3, -0.25) is 9.59 Å². The summed E-state index contributed by atoms with van der Waals surface area (Å²) in [5.74, 6) is -2.08. The first kappa shape index (κ1) is 33.4. The number of carboxylic acid groups (broad SMARTS) is 1. The van der Waals surface area contributed by atoms with Gasteiger partial charge in [-0.1, -0.05) is 141 Å². The topological polar surface area (TPSA) is 63.6 Å². The molecule has 1 unspecified atom stereocenters. The van der Waals surface area contributed by atoms with E-state index in [9.17, 15) is 14.7 Å². The first-order chi connectivity index (χ1) is 17.1. The highest BCUT2D eigenvalue weighted by Gasteiger charge is 2.21. The van der Waals surface area contributed by atoms with Crippen LogP contribution >= 0.6 is 0 Å². The van der Waals surface area contributed by atoms with Crippen molar-refractivity contribution in [2.75, 3.05) is 6.61 Å². The average molecular weight is 493 g/mol. The molecular formula is C31H56O4. The molecule has 0 saturated heterocycles. The highest BCUT2D eigenvalue weighted by Crippen LogP contribution is 2.16. The summed E-state index contributed by atoms with van der Waals surface area (Å²) in [6, 6.07) is 0. The van der Waals surface area contributed by atoms with Crippen LogP contribution in [0.5, 0.6) is 0 Å². The molecule has 0 aliphatic heterocycles. The number of carbonyl (C=O) groups is 2. The van der Waals surface area contributed by atoms with Gasteiger partial charge in [0.25, 0.3) is 0 Å². The third-order valence-corrected chi connectivity index (χ3v) is 6.70. The zero-order valence-electron chi connectivity index (χ0n) is 23.0. The summed E-state index contributed by atoms with van der Waals surface area (Å²) in [6.07, 6.45) is 32.8. The first-order valence-electron chi connectivity index (χ1n) is 14.8. The Labute approximate surface area is 217 Å². The van der Waals surface area contributed by atoms with Crippen molar-refractivity contribution < 1.29 is 19.4 Å². The molecule has 0 spiro atoms. The Morgan fingerprint density at radius 3 is 1.57 bits per heavy atom. The van der Waals surface area contributed by atoms with E-state index in [4.69, 9.17) is 4.74 Å². The predicted octanol–water partition coefficient (Wildman–Crippen LogP) is 9.57. The number of esters is 1. The standard InChI is InChI=1S/C31H56O4/c1-3-5-6-7-8-9-10-11-12-13-14-15-16-17-18-19-20-21-22-23-24-25-26-29(31(33)34)28-30(32)35-27-4-2/h4,23-24,29H,2-3,5-22,25-28H2,1H3,(H,33,34)/b24-23+. The molecule has 0 radical (unpaired) electrons. The first-order valence-corrected chi connectivity index (χ1v) is 14.8. The van der Waals surface area contributed by atoms with Crippen molar-refractivity contribution in [2.24, 2.45) is 5.92 Å². The largest absolute Gasteiger partial charge is 0.481 e. The summed E-state index contributed by atoms with van der Waals surface area (Å²) in [5, 5.41) is 9.27. The normalized spacial score (nSPS) is 12.1. The van der Waals surface area contributed by atoms with Crippen LogP contribution in [0, 0.1) is 5.92 Å². The predicted molar refractivity (Wildman–Crippen MR) is 149 cm³/mol. The summed E-state index contributed by atoms with van der Waals surface area (Å²) in [4.78, 5) is 22.9. The maximum absolute atomic E-state index is 11.6. The highest BCUT2D eigenvalue weighted by molar-refractivity contribution is 5.78. The summed E-state index contributed by atoms with van der Waals surface area (Å²) < 4.78 is 4.89.